The van der Waals surface area contributed by atoms with E-state index in [9.17, 15) is 36.0 Å². The van der Waals surface area contributed by atoms with Crippen molar-refractivity contribution < 1.29 is 59.6 Å². The van der Waals surface area contributed by atoms with Gasteiger partial charge < -0.3 is 19.0 Å². The minimum absolute atomic E-state index is 0.135. The predicted octanol–water partition coefficient (Wildman–Crippen LogP) is 3.16. The highest BCUT2D eigenvalue weighted by Crippen LogP contribution is 2.33. The zero-order valence-electron chi connectivity index (χ0n) is 26.2. The van der Waals surface area contributed by atoms with Crippen LogP contribution in [0.5, 0.6) is 0 Å². The maximum Gasteiger partial charge on any atom is 0.511 e. The van der Waals surface area contributed by atoms with E-state index in [4.69, 9.17) is 18.9 Å². The lowest BCUT2D eigenvalue weighted by molar-refractivity contribution is -0.152. The van der Waals surface area contributed by atoms with Crippen LogP contribution in [0.3, 0.4) is 0 Å². The summed E-state index contributed by atoms with van der Waals surface area (Å²) in [5, 5.41) is 6.22. The molecule has 16 nitrogen and oxygen atoms in total. The minimum atomic E-state index is -4.72. The van der Waals surface area contributed by atoms with Crippen LogP contribution in [0.2, 0.25) is 0 Å². The van der Waals surface area contributed by atoms with E-state index in [-0.39, 0.29) is 36.0 Å². The molecule has 1 saturated heterocycles. The van der Waals surface area contributed by atoms with Crippen molar-refractivity contribution in [3.63, 3.8) is 0 Å². The van der Waals surface area contributed by atoms with Crippen molar-refractivity contribution in [2.24, 2.45) is 0 Å². The van der Waals surface area contributed by atoms with Gasteiger partial charge in [0.2, 0.25) is 5.91 Å². The first-order valence-corrected chi connectivity index (χ1v) is 16.2. The standard InChI is InChI=1S/C29H31F3N6O10S/c1-4-44-28(41)45-19(3)47-38-37(48-38)35-16-22(17-35)46-27(40)14-13-26(39)34-49(42,43)23-11-9-21(10-12-23)36-24(15-25(33-36)29(30,31)32)20-7-5-18(2)6-8-20/h5-12,15,19,22H,4,13-14,16-17H2,1-3H3,(H,34,39). The topological polar surface area (TPSA) is 178 Å². The highest BCUT2D eigenvalue weighted by atomic mass is 32.2. The number of alkyl halides is 3. The number of carbonyl (C=O) groups excluding carboxylic acids is 3. The van der Waals surface area contributed by atoms with Crippen LogP contribution in [-0.4, -0.2) is 78.3 Å². The second kappa shape index (κ2) is 14.0. The van der Waals surface area contributed by atoms with E-state index in [1.807, 2.05) is 11.6 Å². The summed E-state index contributed by atoms with van der Waals surface area (Å²) in [5.41, 5.74) is 0.534. The number of benzene rings is 2. The Labute approximate surface area is 276 Å². The van der Waals surface area contributed by atoms with E-state index in [0.29, 0.717) is 5.56 Å². The van der Waals surface area contributed by atoms with Crippen LogP contribution in [0, 0.1) is 6.92 Å². The second-order valence-electron chi connectivity index (χ2n) is 10.7. The lowest BCUT2D eigenvalue weighted by Crippen LogP contribution is -2.57. The smallest absolute Gasteiger partial charge is 0.458 e. The van der Waals surface area contributed by atoms with Crippen molar-refractivity contribution in [1.82, 2.24) is 24.5 Å². The maximum absolute atomic E-state index is 13.5. The molecule has 1 aliphatic heterocycles. The first kappa shape index (κ1) is 34.9. The minimum Gasteiger partial charge on any atom is -0.458 e. The number of nitrogens with zero attached hydrogens (tertiary/aromatic N) is 5. The van der Waals surface area contributed by atoms with Crippen LogP contribution in [0.25, 0.3) is 16.9 Å². The highest BCUT2D eigenvalue weighted by Gasteiger charge is 2.37. The van der Waals surface area contributed by atoms with E-state index in [1.165, 1.54) is 24.0 Å². The number of hydrogen-bond donors (Lipinski definition) is 1. The monoisotopic (exact) mass is 712 g/mol. The molecule has 1 fully saturated rings. The summed E-state index contributed by atoms with van der Waals surface area (Å²) in [6.45, 7) is 5.47. The molecule has 3 heterocycles. The summed E-state index contributed by atoms with van der Waals surface area (Å²) >= 11 is 0. The number of nitrogens with one attached hydrogen (secondary N) is 1. The molecule has 2 aromatic heterocycles. The Morgan fingerprint density at radius 2 is 1.73 bits per heavy atom. The number of hydrogen-bond acceptors (Lipinski definition) is 12. The molecule has 0 saturated carbocycles. The van der Waals surface area contributed by atoms with E-state index < -0.39 is 65.2 Å². The first-order chi connectivity index (χ1) is 23.1. The van der Waals surface area contributed by atoms with Crippen LogP contribution < -0.4 is 14.6 Å². The van der Waals surface area contributed by atoms with Gasteiger partial charge in [-0.05, 0) is 44.2 Å². The van der Waals surface area contributed by atoms with Crippen molar-refractivity contribution in [3.8, 4) is 16.9 Å². The molecule has 0 aliphatic carbocycles. The quantitative estimate of drug-likeness (QED) is 0.158. The van der Waals surface area contributed by atoms with E-state index in [2.05, 4.69) is 9.84 Å². The third-order valence-corrected chi connectivity index (χ3v) is 8.32. The summed E-state index contributed by atoms with van der Waals surface area (Å²) < 4.78 is 88.9. The molecule has 264 valence electrons. The van der Waals surface area contributed by atoms with Crippen molar-refractivity contribution in [3.05, 3.63) is 65.9 Å². The number of aromatic nitrogens is 4. The van der Waals surface area contributed by atoms with E-state index in [1.54, 1.807) is 36.2 Å². The zero-order chi connectivity index (χ0) is 35.5. The van der Waals surface area contributed by atoms with Crippen LogP contribution in [0.4, 0.5) is 18.0 Å². The molecule has 1 atom stereocenters. The van der Waals surface area contributed by atoms with Gasteiger partial charge in [-0.3, -0.25) is 14.6 Å². The molecule has 20 heteroatoms. The van der Waals surface area contributed by atoms with Gasteiger partial charge >= 0.3 is 18.3 Å². The number of esters is 1. The largest absolute Gasteiger partial charge is 0.511 e. The number of carbonyl (C=O) groups is 3. The first-order valence-electron chi connectivity index (χ1n) is 14.8. The van der Waals surface area contributed by atoms with E-state index >= 15 is 0 Å². The SMILES string of the molecule is CCOC(=O)OC(C)On1on1N1CC(OC(=O)CCC(=O)NS(=O)(=O)c2ccc(-n3nc(C(F)(F)F)cc3-c3ccc(C)cc3)cc2)C1. The summed E-state index contributed by atoms with van der Waals surface area (Å²) in [6, 6.07) is 12.4. The number of amides is 1. The third kappa shape index (κ3) is 8.75. The van der Waals surface area contributed by atoms with Crippen LogP contribution >= 0.6 is 0 Å². The number of aryl methyl sites for hydroxylation is 1. The number of sulfonamides is 1. The van der Waals surface area contributed by atoms with Crippen molar-refractivity contribution in [2.45, 2.75) is 57.1 Å². The Morgan fingerprint density at radius 3 is 2.37 bits per heavy atom. The maximum atomic E-state index is 13.5. The average Bonchev–Trinajstić information content (AvgIpc) is 3.58. The molecule has 49 heavy (non-hydrogen) atoms. The highest BCUT2D eigenvalue weighted by molar-refractivity contribution is 7.90. The Balaban J connectivity index is 1.09. The Bertz CT molecular complexity index is 1890. The molecule has 5 rings (SSSR count). The predicted molar refractivity (Wildman–Crippen MR) is 160 cm³/mol. The molecule has 0 bridgehead atoms. The van der Waals surface area contributed by atoms with Crippen LogP contribution in [0.1, 0.15) is 37.9 Å². The Hall–Kier alpha value is -5.40. The molecule has 1 amide bonds. The zero-order valence-corrected chi connectivity index (χ0v) is 27.1. The van der Waals surface area contributed by atoms with Gasteiger partial charge in [0.15, 0.2) is 5.69 Å². The summed E-state index contributed by atoms with van der Waals surface area (Å²) in [4.78, 5) is 42.0. The summed E-state index contributed by atoms with van der Waals surface area (Å²) in [7, 11) is -4.38. The molecule has 1 N–H and O–H groups in total. The van der Waals surface area contributed by atoms with Gasteiger partial charge in [0.05, 0.1) is 47.4 Å². The fraction of sp³-hybridized carbons (Fsp3) is 0.379. The molecule has 0 spiro atoms. The van der Waals surface area contributed by atoms with Gasteiger partial charge in [-0.1, -0.05) is 29.8 Å². The van der Waals surface area contributed by atoms with Gasteiger partial charge in [0.25, 0.3) is 16.3 Å². The molecular weight excluding hydrogens is 681 g/mol. The third-order valence-electron chi connectivity index (χ3n) is 6.93. The van der Waals surface area contributed by atoms with Gasteiger partial charge in [-0.2, -0.15) is 22.9 Å². The van der Waals surface area contributed by atoms with Crippen molar-refractivity contribution >= 4 is 28.1 Å². The van der Waals surface area contributed by atoms with Crippen LogP contribution in [-0.2, 0) is 40.0 Å². The van der Waals surface area contributed by atoms with Crippen molar-refractivity contribution in [1.29, 1.82) is 0 Å². The number of halogens is 3. The molecule has 2 aromatic carbocycles. The molecule has 1 unspecified atom stereocenters. The summed E-state index contributed by atoms with van der Waals surface area (Å²) in [6.07, 6.45) is -8.07. The second-order valence-corrected chi connectivity index (χ2v) is 12.4. The Morgan fingerprint density at radius 1 is 1.06 bits per heavy atom. The van der Waals surface area contributed by atoms with E-state index in [0.717, 1.165) is 33.5 Å². The fourth-order valence-electron chi connectivity index (χ4n) is 4.46. The average molecular weight is 713 g/mol. The Kier molecular flexibility index (Phi) is 9.97. The van der Waals surface area contributed by atoms with Gasteiger partial charge in [0.1, 0.15) is 11.1 Å². The van der Waals surface area contributed by atoms with Gasteiger partial charge in [-0.25, -0.2) is 22.6 Å². The summed E-state index contributed by atoms with van der Waals surface area (Å²) in [5.74, 6) is -1.70. The number of rotatable bonds is 13. The molecule has 4 aromatic rings. The molecular formula is C29H31F3N6O10S. The number of ether oxygens (including phenoxy) is 3. The lowest BCUT2D eigenvalue weighted by atomic mass is 10.1. The van der Waals surface area contributed by atoms with Crippen LogP contribution in [0.15, 0.2) is 64.1 Å². The normalized spacial score (nSPS) is 14.2. The molecule has 1 aliphatic rings. The lowest BCUT2D eigenvalue weighted by Gasteiger charge is -2.34. The molecule has 0 radical (unpaired) electrons. The van der Waals surface area contributed by atoms with Gasteiger partial charge in [-0.15, -0.1) is 0 Å². The van der Waals surface area contributed by atoms with Gasteiger partial charge in [0, 0.05) is 18.9 Å². The van der Waals surface area contributed by atoms with Crippen molar-refractivity contribution in [2.75, 3.05) is 24.7 Å². The fourth-order valence-corrected chi connectivity index (χ4v) is 5.47.